The minimum absolute atomic E-state index is 0.0723. The van der Waals surface area contributed by atoms with Crippen LogP contribution in [0.25, 0.3) is 0 Å². The summed E-state index contributed by atoms with van der Waals surface area (Å²) >= 11 is 0. The van der Waals surface area contributed by atoms with E-state index in [0.717, 1.165) is 32.1 Å². The predicted molar refractivity (Wildman–Crippen MR) is 184 cm³/mol. The molecule has 0 bridgehead atoms. The molecule has 0 radical (unpaired) electrons. The number of sulfonamides is 1. The van der Waals surface area contributed by atoms with E-state index in [-0.39, 0.29) is 29.5 Å². The fourth-order valence-corrected chi connectivity index (χ4v) is 6.99. The Balaban J connectivity index is 1.85. The van der Waals surface area contributed by atoms with Crippen LogP contribution in [0.1, 0.15) is 34.7 Å². The van der Waals surface area contributed by atoms with Crippen LogP contribution in [0.2, 0.25) is 0 Å². The van der Waals surface area contributed by atoms with Crippen molar-refractivity contribution in [1.82, 2.24) is 10.2 Å². The molecule has 248 valence electrons. The van der Waals surface area contributed by atoms with E-state index in [1.807, 2.05) is 88.4 Å². The molecule has 4 aromatic rings. The zero-order valence-corrected chi connectivity index (χ0v) is 28.6. The van der Waals surface area contributed by atoms with E-state index in [9.17, 15) is 18.0 Å². The summed E-state index contributed by atoms with van der Waals surface area (Å²) in [5, 5.41) is 2.89. The first kappa shape index (κ1) is 35.0. The van der Waals surface area contributed by atoms with Gasteiger partial charge in [0.1, 0.15) is 12.6 Å². The number of carbonyl (C=O) groups excluding carboxylic acids is 2. The van der Waals surface area contributed by atoms with Gasteiger partial charge in [-0.25, -0.2) is 8.42 Å². The predicted octanol–water partition coefficient (Wildman–Crippen LogP) is 5.60. The summed E-state index contributed by atoms with van der Waals surface area (Å²) in [4.78, 5) is 29.7. The summed E-state index contributed by atoms with van der Waals surface area (Å²) in [6, 6.07) is 26.0. The molecule has 10 heteroatoms. The van der Waals surface area contributed by atoms with E-state index < -0.39 is 28.5 Å². The van der Waals surface area contributed by atoms with Crippen molar-refractivity contribution in [2.24, 2.45) is 0 Å². The smallest absolute Gasteiger partial charge is 0.264 e. The van der Waals surface area contributed by atoms with Crippen LogP contribution in [0.15, 0.2) is 95.9 Å². The first-order chi connectivity index (χ1) is 22.5. The van der Waals surface area contributed by atoms with Gasteiger partial charge in [-0.1, -0.05) is 66.2 Å². The van der Waals surface area contributed by atoms with Gasteiger partial charge in [0, 0.05) is 25.6 Å². The van der Waals surface area contributed by atoms with Gasteiger partial charge >= 0.3 is 0 Å². The van der Waals surface area contributed by atoms with Crippen LogP contribution < -0.4 is 19.1 Å². The van der Waals surface area contributed by atoms with E-state index in [1.165, 1.54) is 37.3 Å². The molecular formula is C37H43N3O6S. The van der Waals surface area contributed by atoms with Crippen LogP contribution in [-0.2, 0) is 32.6 Å². The van der Waals surface area contributed by atoms with Gasteiger partial charge in [-0.2, -0.15) is 0 Å². The molecule has 0 aliphatic heterocycles. The fraction of sp³-hybridized carbons (Fsp3) is 0.297. The lowest BCUT2D eigenvalue weighted by Gasteiger charge is -2.34. The van der Waals surface area contributed by atoms with Crippen LogP contribution >= 0.6 is 0 Å². The topological polar surface area (TPSA) is 105 Å². The first-order valence-electron chi connectivity index (χ1n) is 15.5. The highest BCUT2D eigenvalue weighted by molar-refractivity contribution is 7.92. The summed E-state index contributed by atoms with van der Waals surface area (Å²) in [6.45, 7) is 7.45. The zero-order valence-electron chi connectivity index (χ0n) is 27.8. The second-order valence-electron chi connectivity index (χ2n) is 11.5. The number of nitrogens with zero attached hydrogens (tertiary/aromatic N) is 2. The van der Waals surface area contributed by atoms with Gasteiger partial charge in [-0.05, 0) is 74.2 Å². The largest absolute Gasteiger partial charge is 0.493 e. The Bertz CT molecular complexity index is 1790. The quantitative estimate of drug-likeness (QED) is 0.189. The SMILES string of the molecule is CCNC(=O)C(Cc1ccccc1)N(Cc1cccc(C)c1)C(=O)CN(c1cc(C)cc(C)c1)S(=O)(=O)c1ccc(OC)c(OC)c1. The van der Waals surface area contributed by atoms with Crippen molar-refractivity contribution in [3.05, 3.63) is 119 Å². The highest BCUT2D eigenvalue weighted by atomic mass is 32.2. The van der Waals surface area contributed by atoms with Gasteiger partial charge in [0.2, 0.25) is 11.8 Å². The Labute approximate surface area is 278 Å². The maximum atomic E-state index is 14.6. The third-order valence-electron chi connectivity index (χ3n) is 7.77. The van der Waals surface area contributed by atoms with Crippen molar-refractivity contribution in [3.63, 3.8) is 0 Å². The molecule has 1 N–H and O–H groups in total. The molecule has 0 spiro atoms. The lowest BCUT2D eigenvalue weighted by Crippen LogP contribution is -2.53. The van der Waals surface area contributed by atoms with Gasteiger partial charge in [0.15, 0.2) is 11.5 Å². The number of anilines is 1. The molecular weight excluding hydrogens is 614 g/mol. The molecule has 0 fully saturated rings. The molecule has 4 aromatic carbocycles. The minimum Gasteiger partial charge on any atom is -0.493 e. The van der Waals surface area contributed by atoms with Gasteiger partial charge in [-0.15, -0.1) is 0 Å². The van der Waals surface area contributed by atoms with Crippen LogP contribution in [0, 0.1) is 20.8 Å². The normalized spacial score (nSPS) is 11.8. The van der Waals surface area contributed by atoms with E-state index >= 15 is 0 Å². The van der Waals surface area contributed by atoms with Crippen LogP contribution in [0.4, 0.5) is 5.69 Å². The maximum Gasteiger partial charge on any atom is 0.264 e. The Kier molecular flexibility index (Phi) is 11.7. The fourth-order valence-electron chi connectivity index (χ4n) is 5.58. The molecule has 2 amide bonds. The number of rotatable bonds is 14. The number of nitrogens with one attached hydrogen (secondary N) is 1. The molecule has 1 unspecified atom stereocenters. The highest BCUT2D eigenvalue weighted by Gasteiger charge is 2.35. The van der Waals surface area contributed by atoms with Gasteiger partial charge in [-0.3, -0.25) is 13.9 Å². The third kappa shape index (κ3) is 8.71. The molecule has 4 rings (SSSR count). The summed E-state index contributed by atoms with van der Waals surface area (Å²) in [5.41, 5.74) is 4.69. The van der Waals surface area contributed by atoms with E-state index in [1.54, 1.807) is 12.1 Å². The minimum atomic E-state index is -4.32. The molecule has 0 aromatic heterocycles. The summed E-state index contributed by atoms with van der Waals surface area (Å²) in [5.74, 6) is -0.240. The Morgan fingerprint density at radius 3 is 2.04 bits per heavy atom. The Morgan fingerprint density at radius 1 is 0.766 bits per heavy atom. The molecule has 9 nitrogen and oxygen atoms in total. The number of benzene rings is 4. The lowest BCUT2D eigenvalue weighted by molar-refractivity contribution is -0.140. The number of carbonyl (C=O) groups is 2. The van der Waals surface area contributed by atoms with Crippen LogP contribution in [0.3, 0.4) is 0 Å². The third-order valence-corrected chi connectivity index (χ3v) is 9.54. The highest BCUT2D eigenvalue weighted by Crippen LogP contribution is 2.33. The number of aryl methyl sites for hydroxylation is 3. The van der Waals surface area contributed by atoms with Crippen molar-refractivity contribution in [2.45, 2.75) is 51.6 Å². The molecule has 0 aliphatic carbocycles. The van der Waals surface area contributed by atoms with E-state index in [0.29, 0.717) is 18.0 Å². The van der Waals surface area contributed by atoms with Crippen molar-refractivity contribution >= 4 is 27.5 Å². The number of methoxy groups -OCH3 is 2. The van der Waals surface area contributed by atoms with E-state index in [2.05, 4.69) is 5.32 Å². The second kappa shape index (κ2) is 15.6. The molecule has 0 saturated carbocycles. The maximum absolute atomic E-state index is 14.6. The number of likely N-dealkylation sites (N-methyl/N-ethyl adjacent to an activating group) is 1. The van der Waals surface area contributed by atoms with Crippen molar-refractivity contribution < 1.29 is 27.5 Å². The molecule has 0 aliphatic rings. The zero-order chi connectivity index (χ0) is 34.1. The van der Waals surface area contributed by atoms with Crippen molar-refractivity contribution in [3.8, 4) is 11.5 Å². The average Bonchev–Trinajstić information content (AvgIpc) is 3.04. The van der Waals surface area contributed by atoms with Gasteiger partial charge < -0.3 is 19.7 Å². The number of amides is 2. The lowest BCUT2D eigenvalue weighted by atomic mass is 10.0. The first-order valence-corrected chi connectivity index (χ1v) is 16.9. The summed E-state index contributed by atoms with van der Waals surface area (Å²) in [6.07, 6.45) is 0.246. The monoisotopic (exact) mass is 657 g/mol. The van der Waals surface area contributed by atoms with E-state index in [4.69, 9.17) is 9.47 Å². The summed E-state index contributed by atoms with van der Waals surface area (Å²) in [7, 11) is -1.42. The van der Waals surface area contributed by atoms with Crippen LogP contribution in [0.5, 0.6) is 11.5 Å². The number of hydrogen-bond donors (Lipinski definition) is 1. The Morgan fingerprint density at radius 2 is 1.43 bits per heavy atom. The van der Waals surface area contributed by atoms with Crippen LogP contribution in [-0.4, -0.2) is 58.5 Å². The van der Waals surface area contributed by atoms with Gasteiger partial charge in [0.05, 0.1) is 24.8 Å². The molecule has 47 heavy (non-hydrogen) atoms. The summed E-state index contributed by atoms with van der Waals surface area (Å²) < 4.78 is 40.8. The van der Waals surface area contributed by atoms with Crippen molar-refractivity contribution in [1.29, 1.82) is 0 Å². The molecule has 0 heterocycles. The van der Waals surface area contributed by atoms with Crippen molar-refractivity contribution in [2.75, 3.05) is 31.6 Å². The van der Waals surface area contributed by atoms with Gasteiger partial charge in [0.25, 0.3) is 10.0 Å². The number of ether oxygens (including phenoxy) is 2. The second-order valence-corrected chi connectivity index (χ2v) is 13.3. The Hall–Kier alpha value is -4.83. The standard InChI is InChI=1S/C37H43N3O6S/c1-7-38-37(42)33(22-29-13-9-8-10-14-29)39(24-30-15-11-12-26(2)19-30)36(41)25-40(31-20-27(3)18-28(4)21-31)47(43,44)32-16-17-34(45-5)35(23-32)46-6/h8-21,23,33H,7,22,24-25H2,1-6H3,(H,38,42). The number of hydrogen-bond acceptors (Lipinski definition) is 6. The molecule has 0 saturated heterocycles. The average molecular weight is 658 g/mol. The molecule has 1 atom stereocenters.